The molecule has 2 heterocycles. The van der Waals surface area contributed by atoms with Crippen LogP contribution in [0.15, 0.2) is 30.6 Å². The molecule has 0 spiro atoms. The number of nitrogens with one attached hydrogen (secondary N) is 1. The van der Waals surface area contributed by atoms with Gasteiger partial charge in [-0.3, -0.25) is 4.79 Å². The Morgan fingerprint density at radius 1 is 1.21 bits per heavy atom. The summed E-state index contributed by atoms with van der Waals surface area (Å²) in [4.78, 5) is 33.6. The number of halogens is 2. The fraction of sp³-hybridized carbons (Fsp3) is 0.368. The van der Waals surface area contributed by atoms with Gasteiger partial charge in [0.15, 0.2) is 5.82 Å². The highest BCUT2D eigenvalue weighted by molar-refractivity contribution is 5.93. The van der Waals surface area contributed by atoms with Crippen molar-refractivity contribution >= 4 is 12.0 Å². The highest BCUT2D eigenvalue weighted by atomic mass is 19.1. The van der Waals surface area contributed by atoms with Gasteiger partial charge >= 0.3 is 6.09 Å². The highest BCUT2D eigenvalue weighted by Gasteiger charge is 2.25. The van der Waals surface area contributed by atoms with Crippen LogP contribution in [0.3, 0.4) is 0 Å². The summed E-state index contributed by atoms with van der Waals surface area (Å²) in [6.45, 7) is 3.07. The minimum atomic E-state index is -0.646. The number of rotatable bonds is 4. The molecule has 148 valence electrons. The third kappa shape index (κ3) is 4.59. The van der Waals surface area contributed by atoms with E-state index in [2.05, 4.69) is 15.3 Å². The fourth-order valence-electron chi connectivity index (χ4n) is 2.94. The molecule has 1 saturated heterocycles. The molecule has 28 heavy (non-hydrogen) atoms. The van der Waals surface area contributed by atoms with Crippen LogP contribution < -0.4 is 5.32 Å². The van der Waals surface area contributed by atoms with Crippen LogP contribution in [-0.4, -0.2) is 52.6 Å². The number of hydrogen-bond acceptors (Lipinski definition) is 5. The van der Waals surface area contributed by atoms with Crippen molar-refractivity contribution in [2.75, 3.05) is 19.7 Å². The summed E-state index contributed by atoms with van der Waals surface area (Å²) in [5.74, 6) is -1.61. The van der Waals surface area contributed by atoms with E-state index in [1.54, 1.807) is 11.8 Å². The summed E-state index contributed by atoms with van der Waals surface area (Å²) in [7, 11) is 0. The molecule has 0 atom stereocenters. The van der Waals surface area contributed by atoms with Crippen molar-refractivity contribution in [1.29, 1.82) is 0 Å². The summed E-state index contributed by atoms with van der Waals surface area (Å²) in [5, 5.41) is 2.87. The van der Waals surface area contributed by atoms with Crippen LogP contribution in [0.4, 0.5) is 13.6 Å². The smallest absolute Gasteiger partial charge is 0.409 e. The number of carbonyl (C=O) groups is 2. The quantitative estimate of drug-likeness (QED) is 0.868. The standard InChI is InChI=1S/C19H20F2N4O3/c1-2-28-19(27)25-7-5-14(6-8-25)24-18(26)12-10-22-17(23-11-12)15-9-13(20)3-4-16(15)21/h3-4,9-11,14H,2,5-8H2,1H3,(H,24,26). The Morgan fingerprint density at radius 3 is 2.54 bits per heavy atom. The Morgan fingerprint density at radius 2 is 1.89 bits per heavy atom. The van der Waals surface area contributed by atoms with Crippen molar-refractivity contribution in [2.24, 2.45) is 0 Å². The fourth-order valence-corrected chi connectivity index (χ4v) is 2.94. The largest absolute Gasteiger partial charge is 0.450 e. The van der Waals surface area contributed by atoms with Gasteiger partial charge in [-0.1, -0.05) is 0 Å². The normalized spacial score (nSPS) is 14.6. The van der Waals surface area contributed by atoms with Crippen molar-refractivity contribution in [1.82, 2.24) is 20.2 Å². The zero-order valence-electron chi connectivity index (χ0n) is 15.3. The minimum Gasteiger partial charge on any atom is -0.450 e. The lowest BCUT2D eigenvalue weighted by atomic mass is 10.1. The number of benzene rings is 1. The van der Waals surface area contributed by atoms with E-state index in [9.17, 15) is 18.4 Å². The maximum atomic E-state index is 13.8. The molecule has 0 radical (unpaired) electrons. The summed E-state index contributed by atoms with van der Waals surface area (Å²) in [6, 6.07) is 2.92. The van der Waals surface area contributed by atoms with E-state index in [0.29, 0.717) is 32.5 Å². The molecule has 0 bridgehead atoms. The average Bonchev–Trinajstić information content (AvgIpc) is 2.70. The number of amides is 2. The van der Waals surface area contributed by atoms with E-state index >= 15 is 0 Å². The first-order valence-corrected chi connectivity index (χ1v) is 8.98. The second-order valence-electron chi connectivity index (χ2n) is 6.35. The number of carbonyl (C=O) groups excluding carboxylic acids is 2. The molecule has 0 unspecified atom stereocenters. The number of hydrogen-bond donors (Lipinski definition) is 1. The average molecular weight is 390 g/mol. The summed E-state index contributed by atoms with van der Waals surface area (Å²) >= 11 is 0. The number of aromatic nitrogens is 2. The van der Waals surface area contributed by atoms with Gasteiger partial charge in [0.25, 0.3) is 5.91 Å². The third-order valence-corrected chi connectivity index (χ3v) is 4.44. The van der Waals surface area contributed by atoms with E-state index < -0.39 is 11.6 Å². The van der Waals surface area contributed by atoms with Gasteiger partial charge in [0.05, 0.1) is 17.7 Å². The van der Waals surface area contributed by atoms with E-state index in [-0.39, 0.29) is 35.0 Å². The Kier molecular flexibility index (Phi) is 6.13. The van der Waals surface area contributed by atoms with Gasteiger partial charge in [0, 0.05) is 31.5 Å². The van der Waals surface area contributed by atoms with Gasteiger partial charge in [-0.15, -0.1) is 0 Å². The van der Waals surface area contributed by atoms with E-state index in [1.807, 2.05) is 0 Å². The molecule has 1 N–H and O–H groups in total. The van der Waals surface area contributed by atoms with Crippen molar-refractivity contribution in [2.45, 2.75) is 25.8 Å². The first-order chi connectivity index (χ1) is 13.5. The first-order valence-electron chi connectivity index (χ1n) is 8.98. The molecule has 2 amide bonds. The molecule has 3 rings (SSSR count). The molecule has 1 aliphatic rings. The Balaban J connectivity index is 1.58. The summed E-state index contributed by atoms with van der Waals surface area (Å²) in [6.07, 6.45) is 3.42. The van der Waals surface area contributed by atoms with Crippen LogP contribution in [0, 0.1) is 11.6 Å². The Labute approximate surface area is 160 Å². The predicted octanol–water partition coefficient (Wildman–Crippen LogP) is 2.77. The third-order valence-electron chi connectivity index (χ3n) is 4.44. The molecule has 1 fully saturated rings. The molecule has 2 aromatic rings. The van der Waals surface area contributed by atoms with Crippen LogP contribution in [0.5, 0.6) is 0 Å². The molecule has 0 saturated carbocycles. The molecular weight excluding hydrogens is 370 g/mol. The monoisotopic (exact) mass is 390 g/mol. The Bertz CT molecular complexity index is 853. The second-order valence-corrected chi connectivity index (χ2v) is 6.35. The van der Waals surface area contributed by atoms with Crippen LogP contribution in [0.1, 0.15) is 30.1 Å². The van der Waals surface area contributed by atoms with Crippen LogP contribution >= 0.6 is 0 Å². The Hall–Kier alpha value is -3.10. The molecular formula is C19H20F2N4O3. The zero-order chi connectivity index (χ0) is 20.1. The number of likely N-dealkylation sites (tertiary alicyclic amines) is 1. The lowest BCUT2D eigenvalue weighted by Crippen LogP contribution is -2.46. The zero-order valence-corrected chi connectivity index (χ0v) is 15.3. The van der Waals surface area contributed by atoms with Gasteiger partial charge in [-0.2, -0.15) is 0 Å². The van der Waals surface area contributed by atoms with Gasteiger partial charge in [0.2, 0.25) is 0 Å². The lowest BCUT2D eigenvalue weighted by molar-refractivity contribution is 0.0859. The number of piperidine rings is 1. The topological polar surface area (TPSA) is 84.4 Å². The molecule has 1 aromatic heterocycles. The second kappa shape index (κ2) is 8.73. The number of nitrogens with zero attached hydrogens (tertiary/aromatic N) is 3. The maximum absolute atomic E-state index is 13.8. The summed E-state index contributed by atoms with van der Waals surface area (Å²) in [5.41, 5.74) is 0.145. The first kappa shape index (κ1) is 19.7. The number of ether oxygens (including phenoxy) is 1. The van der Waals surface area contributed by atoms with Crippen LogP contribution in [0.25, 0.3) is 11.4 Å². The van der Waals surface area contributed by atoms with Crippen molar-refractivity contribution in [3.05, 3.63) is 47.8 Å². The van der Waals surface area contributed by atoms with Crippen LogP contribution in [0.2, 0.25) is 0 Å². The van der Waals surface area contributed by atoms with Gasteiger partial charge in [-0.25, -0.2) is 23.5 Å². The molecule has 1 aliphatic heterocycles. The van der Waals surface area contributed by atoms with Crippen molar-refractivity contribution < 1.29 is 23.1 Å². The molecule has 7 nitrogen and oxygen atoms in total. The van der Waals surface area contributed by atoms with E-state index in [1.165, 1.54) is 12.4 Å². The molecule has 9 heteroatoms. The summed E-state index contributed by atoms with van der Waals surface area (Å²) < 4.78 is 32.1. The van der Waals surface area contributed by atoms with Crippen LogP contribution in [-0.2, 0) is 4.74 Å². The molecule has 0 aliphatic carbocycles. The van der Waals surface area contributed by atoms with E-state index in [0.717, 1.165) is 18.2 Å². The van der Waals surface area contributed by atoms with Gasteiger partial charge in [0.1, 0.15) is 11.6 Å². The van der Waals surface area contributed by atoms with Gasteiger partial charge in [-0.05, 0) is 38.0 Å². The predicted molar refractivity (Wildman–Crippen MR) is 96.5 cm³/mol. The SMILES string of the molecule is CCOC(=O)N1CCC(NC(=O)c2cnc(-c3cc(F)ccc3F)nc2)CC1. The van der Waals surface area contributed by atoms with Gasteiger partial charge < -0.3 is 15.0 Å². The molecule has 1 aromatic carbocycles. The maximum Gasteiger partial charge on any atom is 0.409 e. The van der Waals surface area contributed by atoms with Crippen molar-refractivity contribution in [3.63, 3.8) is 0 Å². The minimum absolute atomic E-state index is 0.00343. The van der Waals surface area contributed by atoms with Crippen molar-refractivity contribution in [3.8, 4) is 11.4 Å². The van der Waals surface area contributed by atoms with E-state index in [4.69, 9.17) is 4.74 Å². The highest BCUT2D eigenvalue weighted by Crippen LogP contribution is 2.20. The lowest BCUT2D eigenvalue weighted by Gasteiger charge is -2.31.